The van der Waals surface area contributed by atoms with Crippen LogP contribution < -0.4 is 10.5 Å². The molecule has 166 valence electrons. The Morgan fingerprint density at radius 1 is 1.12 bits per heavy atom. The Morgan fingerprint density at radius 2 is 1.88 bits per heavy atom. The molecule has 7 nitrogen and oxygen atoms in total. The third-order valence-corrected chi connectivity index (χ3v) is 6.66. The van der Waals surface area contributed by atoms with Crippen molar-refractivity contribution in [3.8, 4) is 5.75 Å². The van der Waals surface area contributed by atoms with E-state index in [9.17, 15) is 9.59 Å². The zero-order chi connectivity index (χ0) is 22.5. The zero-order valence-corrected chi connectivity index (χ0v) is 18.4. The van der Waals surface area contributed by atoms with Gasteiger partial charge >= 0.3 is 6.03 Å². The summed E-state index contributed by atoms with van der Waals surface area (Å²) in [6, 6.07) is 13.0. The number of hydrogen-bond acceptors (Lipinski definition) is 5. The standard InChI is InChI=1S/C25H27N3O4/c1-25(2)19-15-16(31-14-13-27-9-11-28(12-10-27)24(26)30)7-8-17(19)22(29)21-18-5-3-4-6-20(18)32-23(21)25/h3-8,15H,9-14H2,1-2H3,(H2,26,30). The van der Waals surface area contributed by atoms with Crippen molar-refractivity contribution in [3.63, 3.8) is 0 Å². The normalized spacial score (nSPS) is 17.8. The number of hydrogen-bond donors (Lipinski definition) is 1. The fourth-order valence-electron chi connectivity index (χ4n) is 4.78. The van der Waals surface area contributed by atoms with Gasteiger partial charge in [-0.3, -0.25) is 9.69 Å². The maximum absolute atomic E-state index is 13.3. The van der Waals surface area contributed by atoms with Crippen molar-refractivity contribution in [2.75, 3.05) is 39.3 Å². The lowest BCUT2D eigenvalue weighted by Gasteiger charge is -2.33. The maximum atomic E-state index is 13.3. The number of ether oxygens (including phenoxy) is 1. The average Bonchev–Trinajstić information content (AvgIpc) is 3.19. The third kappa shape index (κ3) is 3.33. The van der Waals surface area contributed by atoms with Gasteiger partial charge in [-0.1, -0.05) is 18.2 Å². The van der Waals surface area contributed by atoms with Gasteiger partial charge in [0.15, 0.2) is 5.78 Å². The number of carbonyl (C=O) groups excluding carboxylic acids is 2. The summed E-state index contributed by atoms with van der Waals surface area (Å²) in [5, 5.41) is 0.864. The molecule has 1 aromatic heterocycles. The Balaban J connectivity index is 1.33. The largest absolute Gasteiger partial charge is 0.492 e. The third-order valence-electron chi connectivity index (χ3n) is 6.66. The van der Waals surface area contributed by atoms with Crippen LogP contribution in [0, 0.1) is 0 Å². The van der Waals surface area contributed by atoms with Crippen LogP contribution in [-0.4, -0.2) is 60.9 Å². The average molecular weight is 434 g/mol. The number of primary amides is 1. The monoisotopic (exact) mass is 433 g/mol. The number of nitrogens with zero attached hydrogens (tertiary/aromatic N) is 2. The summed E-state index contributed by atoms with van der Waals surface area (Å²) in [7, 11) is 0. The molecule has 0 atom stereocenters. The molecule has 1 aliphatic carbocycles. The van der Waals surface area contributed by atoms with Gasteiger partial charge in [0.05, 0.1) is 5.56 Å². The van der Waals surface area contributed by atoms with Crippen molar-refractivity contribution >= 4 is 22.8 Å². The second-order valence-electron chi connectivity index (χ2n) is 8.98. The van der Waals surface area contributed by atoms with Gasteiger partial charge < -0.3 is 19.8 Å². The number of fused-ring (bicyclic) bond motifs is 4. The van der Waals surface area contributed by atoms with Crippen molar-refractivity contribution in [1.29, 1.82) is 0 Å². The molecule has 1 fully saturated rings. The minimum atomic E-state index is -0.456. The molecule has 0 saturated carbocycles. The number of urea groups is 1. The number of para-hydroxylation sites is 1. The van der Waals surface area contributed by atoms with Gasteiger partial charge in [-0.15, -0.1) is 0 Å². The lowest BCUT2D eigenvalue weighted by Crippen LogP contribution is -2.51. The van der Waals surface area contributed by atoms with Crippen LogP contribution in [0.15, 0.2) is 46.9 Å². The predicted octanol–water partition coefficient (Wildman–Crippen LogP) is 3.38. The quantitative estimate of drug-likeness (QED) is 0.681. The van der Waals surface area contributed by atoms with E-state index >= 15 is 0 Å². The van der Waals surface area contributed by atoms with E-state index in [0.717, 1.165) is 41.9 Å². The topological polar surface area (TPSA) is 89.0 Å². The molecule has 2 N–H and O–H groups in total. The first-order valence-electron chi connectivity index (χ1n) is 11.0. The highest BCUT2D eigenvalue weighted by atomic mass is 16.5. The molecule has 2 amide bonds. The van der Waals surface area contributed by atoms with E-state index in [0.29, 0.717) is 36.6 Å². The molecule has 0 unspecified atom stereocenters. The SMILES string of the molecule is CC1(C)c2cc(OCCN3CCN(C(N)=O)CC3)ccc2C(=O)c2c1oc1ccccc21. The van der Waals surface area contributed by atoms with E-state index in [1.807, 2.05) is 42.5 Å². The highest BCUT2D eigenvalue weighted by Gasteiger charge is 2.41. The number of benzene rings is 2. The van der Waals surface area contributed by atoms with Crippen molar-refractivity contribution in [3.05, 3.63) is 64.9 Å². The number of furan rings is 1. The van der Waals surface area contributed by atoms with Gasteiger partial charge in [0.2, 0.25) is 0 Å². The number of nitrogens with two attached hydrogens (primary N) is 1. The minimum absolute atomic E-state index is 0.00172. The number of piperazine rings is 1. The molecule has 5 rings (SSSR count). The van der Waals surface area contributed by atoms with Gasteiger partial charge in [-0.2, -0.15) is 0 Å². The predicted molar refractivity (Wildman–Crippen MR) is 121 cm³/mol. The van der Waals surface area contributed by atoms with Crippen molar-refractivity contribution in [2.45, 2.75) is 19.3 Å². The summed E-state index contributed by atoms with van der Waals surface area (Å²) in [6.07, 6.45) is 0. The second-order valence-corrected chi connectivity index (χ2v) is 8.98. The van der Waals surface area contributed by atoms with Crippen LogP contribution in [0.1, 0.15) is 41.1 Å². The van der Waals surface area contributed by atoms with E-state index in [4.69, 9.17) is 14.9 Å². The van der Waals surface area contributed by atoms with E-state index in [2.05, 4.69) is 18.7 Å². The highest BCUT2D eigenvalue weighted by molar-refractivity contribution is 6.19. The first-order valence-corrected chi connectivity index (χ1v) is 11.0. The molecule has 2 aromatic carbocycles. The van der Waals surface area contributed by atoms with E-state index in [1.165, 1.54) is 0 Å². The van der Waals surface area contributed by atoms with Gasteiger partial charge in [-0.05, 0) is 43.7 Å². The molecular weight excluding hydrogens is 406 g/mol. The summed E-state index contributed by atoms with van der Waals surface area (Å²) in [5.74, 6) is 1.44. The maximum Gasteiger partial charge on any atom is 0.314 e. The molecule has 1 aliphatic heterocycles. The number of carbonyl (C=O) groups is 2. The first kappa shape index (κ1) is 20.6. The summed E-state index contributed by atoms with van der Waals surface area (Å²) >= 11 is 0. The van der Waals surface area contributed by atoms with Crippen molar-refractivity contribution in [1.82, 2.24) is 9.80 Å². The fourth-order valence-corrected chi connectivity index (χ4v) is 4.78. The number of rotatable bonds is 4. The van der Waals surface area contributed by atoms with Crippen LogP contribution >= 0.6 is 0 Å². The smallest absolute Gasteiger partial charge is 0.314 e. The summed E-state index contributed by atoms with van der Waals surface area (Å²) < 4.78 is 12.2. The highest BCUT2D eigenvalue weighted by Crippen LogP contribution is 2.46. The molecule has 0 radical (unpaired) electrons. The van der Waals surface area contributed by atoms with Gasteiger partial charge in [0.1, 0.15) is 23.7 Å². The van der Waals surface area contributed by atoms with Crippen LogP contribution in [0.3, 0.4) is 0 Å². The molecule has 0 bridgehead atoms. The Bertz CT molecular complexity index is 1210. The van der Waals surface area contributed by atoms with Crippen molar-refractivity contribution < 1.29 is 18.7 Å². The van der Waals surface area contributed by atoms with Crippen LogP contribution in [0.4, 0.5) is 4.79 Å². The Kier molecular flexibility index (Phi) is 4.93. The van der Waals surface area contributed by atoms with Crippen molar-refractivity contribution in [2.24, 2.45) is 5.73 Å². The minimum Gasteiger partial charge on any atom is -0.492 e. The zero-order valence-electron chi connectivity index (χ0n) is 18.4. The molecular formula is C25H27N3O4. The summed E-state index contributed by atoms with van der Waals surface area (Å²) in [6.45, 7) is 8.32. The Hall–Kier alpha value is -3.32. The molecule has 7 heteroatoms. The Labute approximate surface area is 186 Å². The molecule has 32 heavy (non-hydrogen) atoms. The van der Waals surface area contributed by atoms with E-state index < -0.39 is 5.41 Å². The molecule has 2 aliphatic rings. The molecule has 0 spiro atoms. The molecule has 2 heterocycles. The van der Waals surface area contributed by atoms with Crippen LogP contribution in [-0.2, 0) is 5.41 Å². The van der Waals surface area contributed by atoms with E-state index in [1.54, 1.807) is 4.90 Å². The lowest BCUT2D eigenvalue weighted by molar-refractivity contribution is 0.102. The fraction of sp³-hybridized carbons (Fsp3) is 0.360. The van der Waals surface area contributed by atoms with Crippen LogP contribution in [0.2, 0.25) is 0 Å². The summed E-state index contributed by atoms with van der Waals surface area (Å²) in [5.41, 5.74) is 7.91. The number of ketones is 1. The second kappa shape index (κ2) is 7.67. The Morgan fingerprint density at radius 3 is 2.62 bits per heavy atom. The van der Waals surface area contributed by atoms with Crippen LogP contribution in [0.5, 0.6) is 5.75 Å². The van der Waals surface area contributed by atoms with Crippen LogP contribution in [0.25, 0.3) is 11.0 Å². The number of amides is 2. The summed E-state index contributed by atoms with van der Waals surface area (Å²) in [4.78, 5) is 28.5. The van der Waals surface area contributed by atoms with Gasteiger partial charge in [0, 0.05) is 49.1 Å². The van der Waals surface area contributed by atoms with E-state index in [-0.39, 0.29) is 11.8 Å². The molecule has 1 saturated heterocycles. The van der Waals surface area contributed by atoms with Gasteiger partial charge in [-0.25, -0.2) is 4.79 Å². The first-order chi connectivity index (χ1) is 15.4. The lowest BCUT2D eigenvalue weighted by atomic mass is 9.72. The molecule has 3 aromatic rings. The van der Waals surface area contributed by atoms with Gasteiger partial charge in [0.25, 0.3) is 0 Å².